The van der Waals surface area contributed by atoms with Crippen molar-refractivity contribution in [2.75, 3.05) is 31.1 Å². The predicted molar refractivity (Wildman–Crippen MR) is 106 cm³/mol. The highest BCUT2D eigenvalue weighted by Crippen LogP contribution is 2.25. The van der Waals surface area contributed by atoms with Crippen molar-refractivity contribution in [3.63, 3.8) is 0 Å². The van der Waals surface area contributed by atoms with Gasteiger partial charge >= 0.3 is 0 Å². The lowest BCUT2D eigenvalue weighted by atomic mass is 10.0. The normalized spacial score (nSPS) is 15.7. The molecule has 2 aromatic rings. The number of ether oxygens (including phenoxy) is 1. The van der Waals surface area contributed by atoms with E-state index in [0.29, 0.717) is 19.0 Å². The molecular weight excluding hydrogens is 340 g/mol. The maximum Gasteiger partial charge on any atom is 0.263 e. The summed E-state index contributed by atoms with van der Waals surface area (Å²) in [6, 6.07) is 8.03. The van der Waals surface area contributed by atoms with Crippen molar-refractivity contribution < 1.29 is 9.53 Å². The molecule has 1 fully saturated rings. The van der Waals surface area contributed by atoms with Crippen LogP contribution < -0.4 is 9.64 Å². The van der Waals surface area contributed by atoms with Gasteiger partial charge in [0.1, 0.15) is 5.75 Å². The minimum atomic E-state index is -0.509. The Morgan fingerprint density at radius 1 is 1.07 bits per heavy atom. The minimum Gasteiger partial charge on any atom is -0.481 e. The largest absolute Gasteiger partial charge is 0.481 e. The van der Waals surface area contributed by atoms with Gasteiger partial charge in [0.25, 0.3) is 5.91 Å². The Morgan fingerprint density at radius 2 is 1.74 bits per heavy atom. The van der Waals surface area contributed by atoms with E-state index in [9.17, 15) is 4.79 Å². The molecule has 27 heavy (non-hydrogen) atoms. The highest BCUT2D eigenvalue weighted by atomic mass is 16.5. The average Bonchev–Trinajstić information content (AvgIpc) is 2.69. The molecule has 1 amide bonds. The Bertz CT molecular complexity index is 771. The number of carbonyl (C=O) groups is 1. The third-order valence-electron chi connectivity index (χ3n) is 4.96. The van der Waals surface area contributed by atoms with Crippen LogP contribution >= 0.6 is 0 Å². The molecule has 0 radical (unpaired) electrons. The number of anilines is 1. The number of hydrogen-bond donors (Lipinski definition) is 0. The minimum absolute atomic E-state index is 0.0259. The van der Waals surface area contributed by atoms with Crippen molar-refractivity contribution in [3.8, 4) is 5.75 Å². The molecule has 0 aliphatic carbocycles. The zero-order chi connectivity index (χ0) is 19.4. The summed E-state index contributed by atoms with van der Waals surface area (Å²) >= 11 is 0. The van der Waals surface area contributed by atoms with E-state index in [-0.39, 0.29) is 5.91 Å². The molecule has 6 heteroatoms. The van der Waals surface area contributed by atoms with Gasteiger partial charge in [0, 0.05) is 38.6 Å². The molecule has 144 valence electrons. The van der Waals surface area contributed by atoms with Crippen molar-refractivity contribution in [1.82, 2.24) is 14.9 Å². The lowest BCUT2D eigenvalue weighted by molar-refractivity contribution is -0.138. The summed E-state index contributed by atoms with van der Waals surface area (Å²) in [5.41, 5.74) is 2.26. The van der Waals surface area contributed by atoms with Crippen LogP contribution in [0.25, 0.3) is 0 Å². The van der Waals surface area contributed by atoms with Crippen LogP contribution in [0.5, 0.6) is 5.75 Å². The predicted octanol–water partition coefficient (Wildman–Crippen LogP) is 3.02. The lowest BCUT2D eigenvalue weighted by Gasteiger charge is -2.35. The van der Waals surface area contributed by atoms with Gasteiger partial charge in [0.15, 0.2) is 6.10 Å². The smallest absolute Gasteiger partial charge is 0.263 e. The first-order valence-corrected chi connectivity index (χ1v) is 9.53. The average molecular weight is 368 g/mol. The summed E-state index contributed by atoms with van der Waals surface area (Å²) in [4.78, 5) is 25.4. The first kappa shape index (κ1) is 19.1. The first-order valence-electron chi connectivity index (χ1n) is 9.53. The van der Waals surface area contributed by atoms with Gasteiger partial charge in [-0.05, 0) is 43.0 Å². The van der Waals surface area contributed by atoms with Crippen LogP contribution in [0.2, 0.25) is 0 Å². The molecule has 1 aliphatic rings. The van der Waals surface area contributed by atoms with Crippen molar-refractivity contribution >= 4 is 11.9 Å². The van der Waals surface area contributed by atoms with Crippen molar-refractivity contribution in [2.45, 2.75) is 39.7 Å². The molecule has 0 saturated carbocycles. The molecular formula is C21H28N4O2. The summed E-state index contributed by atoms with van der Waals surface area (Å²) < 4.78 is 6.03. The SMILES string of the molecule is Cc1ccc(C(C)C)cc1OC(C)C(=O)N1CCN(c2ncccn2)CC1. The summed E-state index contributed by atoms with van der Waals surface area (Å²) in [5, 5.41) is 0. The zero-order valence-corrected chi connectivity index (χ0v) is 16.6. The topological polar surface area (TPSA) is 58.6 Å². The number of nitrogens with zero attached hydrogens (tertiary/aromatic N) is 4. The molecule has 1 unspecified atom stereocenters. The third-order valence-corrected chi connectivity index (χ3v) is 4.96. The number of benzene rings is 1. The lowest BCUT2D eigenvalue weighted by Crippen LogP contribution is -2.52. The van der Waals surface area contributed by atoms with E-state index in [2.05, 4.69) is 46.9 Å². The van der Waals surface area contributed by atoms with Gasteiger partial charge in [-0.15, -0.1) is 0 Å². The van der Waals surface area contributed by atoms with Crippen molar-refractivity contribution in [3.05, 3.63) is 47.8 Å². The van der Waals surface area contributed by atoms with Gasteiger partial charge in [-0.25, -0.2) is 9.97 Å². The molecule has 0 N–H and O–H groups in total. The highest BCUT2D eigenvalue weighted by molar-refractivity contribution is 5.81. The fraction of sp³-hybridized carbons (Fsp3) is 0.476. The molecule has 1 saturated heterocycles. The maximum atomic E-state index is 12.8. The monoisotopic (exact) mass is 368 g/mol. The van der Waals surface area contributed by atoms with E-state index in [4.69, 9.17) is 4.74 Å². The Morgan fingerprint density at radius 3 is 2.37 bits per heavy atom. The first-order chi connectivity index (χ1) is 13.0. The van der Waals surface area contributed by atoms with Crippen LogP contribution in [0.15, 0.2) is 36.7 Å². The van der Waals surface area contributed by atoms with Gasteiger partial charge in [-0.2, -0.15) is 0 Å². The highest BCUT2D eigenvalue weighted by Gasteiger charge is 2.27. The van der Waals surface area contributed by atoms with Crippen molar-refractivity contribution in [1.29, 1.82) is 0 Å². The molecule has 1 aromatic carbocycles. The van der Waals surface area contributed by atoms with E-state index in [1.807, 2.05) is 18.7 Å². The summed E-state index contributed by atoms with van der Waals surface area (Å²) in [6.45, 7) is 10.9. The summed E-state index contributed by atoms with van der Waals surface area (Å²) in [7, 11) is 0. The molecule has 0 bridgehead atoms. The molecule has 0 spiro atoms. The molecule has 1 atom stereocenters. The number of rotatable bonds is 5. The van der Waals surface area contributed by atoms with E-state index < -0.39 is 6.10 Å². The maximum absolute atomic E-state index is 12.8. The molecule has 1 aromatic heterocycles. The fourth-order valence-electron chi connectivity index (χ4n) is 3.18. The van der Waals surface area contributed by atoms with Gasteiger partial charge in [-0.1, -0.05) is 26.0 Å². The van der Waals surface area contributed by atoms with Crippen LogP contribution in [0.1, 0.15) is 37.8 Å². The number of aromatic nitrogens is 2. The third kappa shape index (κ3) is 4.56. The Balaban J connectivity index is 1.59. The van der Waals surface area contributed by atoms with E-state index >= 15 is 0 Å². The quantitative estimate of drug-likeness (QED) is 0.812. The summed E-state index contributed by atoms with van der Waals surface area (Å²) in [6.07, 6.45) is 2.97. The van der Waals surface area contributed by atoms with Crippen LogP contribution in [-0.2, 0) is 4.79 Å². The number of aryl methyl sites for hydroxylation is 1. The number of piperazine rings is 1. The second-order valence-corrected chi connectivity index (χ2v) is 7.30. The zero-order valence-electron chi connectivity index (χ0n) is 16.6. The van der Waals surface area contributed by atoms with Crippen LogP contribution in [0.3, 0.4) is 0 Å². The molecule has 6 nitrogen and oxygen atoms in total. The van der Waals surface area contributed by atoms with Gasteiger partial charge < -0.3 is 14.5 Å². The Kier molecular flexibility index (Phi) is 5.94. The van der Waals surface area contributed by atoms with Crippen LogP contribution in [0.4, 0.5) is 5.95 Å². The van der Waals surface area contributed by atoms with Gasteiger partial charge in [0.05, 0.1) is 0 Å². The standard InChI is InChI=1S/C21H28N4O2/c1-15(2)18-7-6-16(3)19(14-18)27-17(4)20(26)24-10-12-25(13-11-24)21-22-8-5-9-23-21/h5-9,14-15,17H,10-13H2,1-4H3. The number of carbonyl (C=O) groups excluding carboxylic acids is 1. The Labute approximate surface area is 161 Å². The van der Waals surface area contributed by atoms with Gasteiger partial charge in [0.2, 0.25) is 5.95 Å². The van der Waals surface area contributed by atoms with E-state index in [1.54, 1.807) is 18.5 Å². The van der Waals surface area contributed by atoms with Crippen molar-refractivity contribution in [2.24, 2.45) is 0 Å². The molecule has 2 heterocycles. The molecule has 1 aliphatic heterocycles. The number of hydrogen-bond acceptors (Lipinski definition) is 5. The van der Waals surface area contributed by atoms with Crippen LogP contribution in [0, 0.1) is 6.92 Å². The Hall–Kier alpha value is -2.63. The molecule has 3 rings (SSSR count). The fourth-order valence-corrected chi connectivity index (χ4v) is 3.18. The van der Waals surface area contributed by atoms with E-state index in [1.165, 1.54) is 5.56 Å². The second-order valence-electron chi connectivity index (χ2n) is 7.30. The van der Waals surface area contributed by atoms with Crippen LogP contribution in [-0.4, -0.2) is 53.1 Å². The summed E-state index contributed by atoms with van der Waals surface area (Å²) in [5.74, 6) is 1.96. The second kappa shape index (κ2) is 8.37. The van der Waals surface area contributed by atoms with E-state index in [0.717, 1.165) is 30.4 Å². The van der Waals surface area contributed by atoms with Gasteiger partial charge in [-0.3, -0.25) is 4.79 Å². The number of amides is 1.